The number of anilines is 1. The molecule has 6 nitrogen and oxygen atoms in total. The number of nitrogens with one attached hydrogen (secondary N) is 1. The predicted octanol–water partition coefficient (Wildman–Crippen LogP) is 4.17. The van der Waals surface area contributed by atoms with Gasteiger partial charge in [0, 0.05) is 48.2 Å². The van der Waals surface area contributed by atoms with Crippen LogP contribution >= 0.6 is 0 Å². The van der Waals surface area contributed by atoms with Gasteiger partial charge in [0.05, 0.1) is 17.9 Å². The minimum absolute atomic E-state index is 0.741. The van der Waals surface area contributed by atoms with Gasteiger partial charge in [-0.1, -0.05) is 30.8 Å². The van der Waals surface area contributed by atoms with Crippen molar-refractivity contribution < 1.29 is 0 Å². The van der Waals surface area contributed by atoms with Gasteiger partial charge in [-0.2, -0.15) is 5.10 Å². The van der Waals surface area contributed by atoms with E-state index in [9.17, 15) is 0 Å². The monoisotopic (exact) mass is 384 g/mol. The zero-order valence-corrected chi connectivity index (χ0v) is 16.9. The number of rotatable bonds is 6. The zero-order valence-electron chi connectivity index (χ0n) is 16.9. The van der Waals surface area contributed by atoms with Gasteiger partial charge in [0.1, 0.15) is 5.82 Å². The minimum Gasteiger partial charge on any atom is -0.340 e. The second kappa shape index (κ2) is 7.85. The molecule has 146 valence electrons. The van der Waals surface area contributed by atoms with E-state index < -0.39 is 0 Å². The third-order valence-electron chi connectivity index (χ3n) is 4.69. The summed E-state index contributed by atoms with van der Waals surface area (Å²) < 4.78 is 1.78. The number of fused-ring (bicyclic) bond motifs is 1. The second-order valence-electron chi connectivity index (χ2n) is 7.43. The summed E-state index contributed by atoms with van der Waals surface area (Å²) in [5.41, 5.74) is 6.03. The maximum Gasteiger partial charge on any atom is 0.131 e. The predicted molar refractivity (Wildman–Crippen MR) is 118 cm³/mol. The first-order chi connectivity index (χ1) is 14.0. The third kappa shape index (κ3) is 4.33. The molecule has 0 spiro atoms. The maximum atomic E-state index is 4.52. The molecule has 0 unspecified atom stereocenters. The first-order valence-corrected chi connectivity index (χ1v) is 9.43. The van der Waals surface area contributed by atoms with Crippen LogP contribution in [0.15, 0.2) is 67.8 Å². The highest BCUT2D eigenvalue weighted by Crippen LogP contribution is 2.24. The Bertz CT molecular complexity index is 1160. The molecule has 6 heteroatoms. The van der Waals surface area contributed by atoms with Crippen LogP contribution in [0.4, 0.5) is 5.82 Å². The molecule has 0 radical (unpaired) electrons. The lowest BCUT2D eigenvalue weighted by Gasteiger charge is -2.12. The topological polar surface area (TPSA) is 58.9 Å². The summed E-state index contributed by atoms with van der Waals surface area (Å²) in [7, 11) is 6.03. The van der Waals surface area contributed by atoms with Gasteiger partial charge in [-0.15, -0.1) is 0 Å². The van der Waals surface area contributed by atoms with Crippen LogP contribution in [0.1, 0.15) is 11.1 Å². The molecular formula is C23H24N6. The normalized spacial score (nSPS) is 11.2. The highest BCUT2D eigenvalue weighted by molar-refractivity contribution is 5.86. The maximum absolute atomic E-state index is 4.52. The van der Waals surface area contributed by atoms with Crippen LogP contribution in [0.25, 0.3) is 27.7 Å². The SMILES string of the molecule is C=C(Nc1cc2cc(-c3cnn(C)c3)cnc2cn1)c1ccc(CN(C)C)cc1. The standard InChI is InChI=1S/C23H24N6/c1-16(18-7-5-17(6-8-18)14-28(2)3)27-23-10-19-9-20(11-24-22(19)13-25-23)21-12-26-29(4)15-21/h5-13,15H,1,14H2,2-4H3,(H,25,27). The second-order valence-corrected chi connectivity index (χ2v) is 7.43. The van der Waals surface area contributed by atoms with E-state index in [0.717, 1.165) is 45.7 Å². The first-order valence-electron chi connectivity index (χ1n) is 9.43. The van der Waals surface area contributed by atoms with Gasteiger partial charge in [0.25, 0.3) is 0 Å². The molecule has 4 rings (SSSR count). The molecule has 0 saturated carbocycles. The van der Waals surface area contributed by atoms with Crippen molar-refractivity contribution in [1.82, 2.24) is 24.6 Å². The van der Waals surface area contributed by atoms with E-state index in [-0.39, 0.29) is 0 Å². The highest BCUT2D eigenvalue weighted by atomic mass is 15.2. The number of aromatic nitrogens is 4. The highest BCUT2D eigenvalue weighted by Gasteiger charge is 2.06. The summed E-state index contributed by atoms with van der Waals surface area (Å²) in [6.07, 6.45) is 7.44. The van der Waals surface area contributed by atoms with E-state index in [0.29, 0.717) is 0 Å². The molecular weight excluding hydrogens is 360 g/mol. The molecule has 3 heterocycles. The summed E-state index contributed by atoms with van der Waals surface area (Å²) in [4.78, 5) is 11.2. The van der Waals surface area contributed by atoms with Crippen LogP contribution in [0, 0.1) is 0 Å². The minimum atomic E-state index is 0.741. The average Bonchev–Trinajstić information content (AvgIpc) is 3.14. The molecule has 29 heavy (non-hydrogen) atoms. The van der Waals surface area contributed by atoms with E-state index in [1.54, 1.807) is 10.9 Å². The lowest BCUT2D eigenvalue weighted by atomic mass is 10.1. The van der Waals surface area contributed by atoms with Gasteiger partial charge < -0.3 is 10.2 Å². The van der Waals surface area contributed by atoms with E-state index in [1.807, 2.05) is 31.7 Å². The van der Waals surface area contributed by atoms with E-state index in [1.165, 1.54) is 5.56 Å². The summed E-state index contributed by atoms with van der Waals surface area (Å²) >= 11 is 0. The molecule has 0 amide bonds. The van der Waals surface area contributed by atoms with Crippen LogP contribution in [0.2, 0.25) is 0 Å². The van der Waals surface area contributed by atoms with Crippen LogP contribution in [0.5, 0.6) is 0 Å². The molecule has 3 aromatic heterocycles. The Hall–Kier alpha value is -3.51. The average molecular weight is 384 g/mol. The number of benzene rings is 1. The van der Waals surface area contributed by atoms with E-state index >= 15 is 0 Å². The fourth-order valence-electron chi connectivity index (χ4n) is 3.23. The molecule has 1 N–H and O–H groups in total. The lowest BCUT2D eigenvalue weighted by Crippen LogP contribution is -2.10. The number of aryl methyl sites for hydroxylation is 1. The fourth-order valence-corrected chi connectivity index (χ4v) is 3.23. The Balaban J connectivity index is 1.55. The molecule has 0 bridgehead atoms. The van der Waals surface area contributed by atoms with Crippen molar-refractivity contribution in [3.8, 4) is 11.1 Å². The molecule has 0 aliphatic heterocycles. The van der Waals surface area contributed by atoms with Crippen molar-refractivity contribution in [1.29, 1.82) is 0 Å². The number of nitrogens with zero attached hydrogens (tertiary/aromatic N) is 5. The Labute approximate surface area is 170 Å². The Morgan fingerprint density at radius 3 is 2.52 bits per heavy atom. The summed E-state index contributed by atoms with van der Waals surface area (Å²) in [6.45, 7) is 5.09. The zero-order chi connectivity index (χ0) is 20.4. The van der Waals surface area contributed by atoms with Gasteiger partial charge in [-0.25, -0.2) is 4.98 Å². The van der Waals surface area contributed by atoms with E-state index in [2.05, 4.69) is 76.3 Å². The lowest BCUT2D eigenvalue weighted by molar-refractivity contribution is 0.402. The summed E-state index contributed by atoms with van der Waals surface area (Å²) in [6, 6.07) is 12.5. The number of hydrogen-bond donors (Lipinski definition) is 1. The Morgan fingerprint density at radius 2 is 1.83 bits per heavy atom. The van der Waals surface area contributed by atoms with E-state index in [4.69, 9.17) is 0 Å². The first kappa shape index (κ1) is 18.8. The molecule has 1 aromatic carbocycles. The molecule has 0 fully saturated rings. The van der Waals surface area contributed by atoms with Gasteiger partial charge in [-0.3, -0.25) is 9.67 Å². The molecule has 0 aliphatic rings. The van der Waals surface area contributed by atoms with Crippen molar-refractivity contribution in [2.75, 3.05) is 19.4 Å². The van der Waals surface area contributed by atoms with Crippen molar-refractivity contribution in [2.45, 2.75) is 6.54 Å². The largest absolute Gasteiger partial charge is 0.340 e. The quantitative estimate of drug-likeness (QED) is 0.541. The van der Waals surface area contributed by atoms with Crippen molar-refractivity contribution in [3.05, 3.63) is 78.9 Å². The van der Waals surface area contributed by atoms with Crippen molar-refractivity contribution >= 4 is 22.4 Å². The summed E-state index contributed by atoms with van der Waals surface area (Å²) in [5, 5.41) is 8.56. The van der Waals surface area contributed by atoms with Crippen LogP contribution in [0.3, 0.4) is 0 Å². The molecule has 4 aromatic rings. The molecule has 0 saturated heterocycles. The third-order valence-corrected chi connectivity index (χ3v) is 4.69. The Kier molecular flexibility index (Phi) is 5.10. The van der Waals surface area contributed by atoms with Gasteiger partial charge >= 0.3 is 0 Å². The van der Waals surface area contributed by atoms with Crippen LogP contribution in [-0.4, -0.2) is 38.7 Å². The van der Waals surface area contributed by atoms with Gasteiger partial charge in [0.15, 0.2) is 0 Å². The molecule has 0 aliphatic carbocycles. The Morgan fingerprint density at radius 1 is 1.03 bits per heavy atom. The van der Waals surface area contributed by atoms with Crippen LogP contribution < -0.4 is 5.32 Å². The van der Waals surface area contributed by atoms with Crippen LogP contribution in [-0.2, 0) is 13.6 Å². The molecule has 0 atom stereocenters. The number of pyridine rings is 2. The fraction of sp³-hybridized carbons (Fsp3) is 0.174. The summed E-state index contributed by atoms with van der Waals surface area (Å²) in [5.74, 6) is 0.741. The van der Waals surface area contributed by atoms with Crippen molar-refractivity contribution in [2.24, 2.45) is 7.05 Å². The van der Waals surface area contributed by atoms with Gasteiger partial charge in [0.2, 0.25) is 0 Å². The smallest absolute Gasteiger partial charge is 0.131 e. The number of hydrogen-bond acceptors (Lipinski definition) is 5. The van der Waals surface area contributed by atoms with Gasteiger partial charge in [-0.05, 0) is 37.4 Å². The van der Waals surface area contributed by atoms with Crippen molar-refractivity contribution in [3.63, 3.8) is 0 Å².